The molecule has 2 aromatic carbocycles. The van der Waals surface area contributed by atoms with Crippen LogP contribution in [-0.2, 0) is 9.59 Å². The van der Waals surface area contributed by atoms with Crippen LogP contribution >= 0.6 is 11.6 Å². The Morgan fingerprint density at radius 2 is 1.69 bits per heavy atom. The molecule has 1 aliphatic heterocycles. The number of rotatable bonds is 3. The minimum atomic E-state index is -0.816. The van der Waals surface area contributed by atoms with E-state index in [0.717, 1.165) is 5.56 Å². The molecule has 6 heteroatoms. The summed E-state index contributed by atoms with van der Waals surface area (Å²) in [4.78, 5) is 31.4. The SMILES string of the molecule is Cc1ccc(/C(O)=C2\C(=O)C(=O)N(c3ccccn3)C2c2ccc(Cl)cc2)cc1. The van der Waals surface area contributed by atoms with E-state index in [2.05, 4.69) is 4.98 Å². The molecular formula is C23H17ClN2O3. The molecule has 144 valence electrons. The summed E-state index contributed by atoms with van der Waals surface area (Å²) in [5.74, 6) is -1.38. The summed E-state index contributed by atoms with van der Waals surface area (Å²) in [6, 6.07) is 18.2. The molecule has 1 N–H and O–H groups in total. The number of hydrogen-bond acceptors (Lipinski definition) is 4. The monoisotopic (exact) mass is 404 g/mol. The lowest BCUT2D eigenvalue weighted by atomic mass is 9.95. The van der Waals surface area contributed by atoms with E-state index in [4.69, 9.17) is 11.6 Å². The molecule has 1 fully saturated rings. The van der Waals surface area contributed by atoms with Crippen molar-refractivity contribution in [2.45, 2.75) is 13.0 Å². The number of Topliss-reactive ketones (excluding diaryl/α,β-unsaturated/α-hetero) is 1. The number of ketones is 1. The van der Waals surface area contributed by atoms with E-state index in [1.807, 2.05) is 19.1 Å². The van der Waals surface area contributed by atoms with Crippen LogP contribution in [0.1, 0.15) is 22.7 Å². The number of carbonyl (C=O) groups is 2. The Morgan fingerprint density at radius 1 is 1.00 bits per heavy atom. The van der Waals surface area contributed by atoms with E-state index in [0.29, 0.717) is 22.0 Å². The lowest BCUT2D eigenvalue weighted by molar-refractivity contribution is -0.132. The first-order valence-corrected chi connectivity index (χ1v) is 9.39. The topological polar surface area (TPSA) is 70.5 Å². The van der Waals surface area contributed by atoms with Crippen LogP contribution in [-0.4, -0.2) is 21.8 Å². The smallest absolute Gasteiger partial charge is 0.301 e. The average molecular weight is 405 g/mol. The van der Waals surface area contributed by atoms with Gasteiger partial charge in [-0.05, 0) is 36.8 Å². The number of aryl methyl sites for hydroxylation is 1. The zero-order valence-electron chi connectivity index (χ0n) is 15.5. The molecule has 0 bridgehead atoms. The number of benzene rings is 2. The summed E-state index contributed by atoms with van der Waals surface area (Å²) in [6.45, 7) is 1.93. The first-order valence-electron chi connectivity index (χ1n) is 9.02. The molecule has 29 heavy (non-hydrogen) atoms. The van der Waals surface area contributed by atoms with Gasteiger partial charge in [-0.2, -0.15) is 0 Å². The Hall–Kier alpha value is -3.44. The van der Waals surface area contributed by atoms with Crippen LogP contribution in [0.3, 0.4) is 0 Å². The molecule has 0 spiro atoms. The van der Waals surface area contributed by atoms with Gasteiger partial charge < -0.3 is 5.11 Å². The van der Waals surface area contributed by atoms with Gasteiger partial charge in [0.05, 0.1) is 11.6 Å². The number of aromatic nitrogens is 1. The van der Waals surface area contributed by atoms with Crippen LogP contribution in [0.5, 0.6) is 0 Å². The van der Waals surface area contributed by atoms with E-state index in [-0.39, 0.29) is 11.3 Å². The van der Waals surface area contributed by atoms with Crippen molar-refractivity contribution in [2.75, 3.05) is 4.90 Å². The number of pyridine rings is 1. The quantitative estimate of drug-likeness (QED) is 0.391. The highest BCUT2D eigenvalue weighted by atomic mass is 35.5. The van der Waals surface area contributed by atoms with Crippen LogP contribution in [0.15, 0.2) is 78.5 Å². The molecule has 1 aliphatic rings. The maximum atomic E-state index is 13.0. The van der Waals surface area contributed by atoms with E-state index in [9.17, 15) is 14.7 Å². The predicted octanol–water partition coefficient (Wildman–Crippen LogP) is 4.67. The van der Waals surface area contributed by atoms with Crippen LogP contribution in [0.25, 0.3) is 5.76 Å². The van der Waals surface area contributed by atoms with Crippen molar-refractivity contribution in [3.8, 4) is 0 Å². The summed E-state index contributed by atoms with van der Waals surface area (Å²) < 4.78 is 0. The molecule has 1 amide bonds. The average Bonchev–Trinajstić information content (AvgIpc) is 3.00. The number of hydrogen-bond donors (Lipinski definition) is 1. The number of anilines is 1. The third-order valence-electron chi connectivity index (χ3n) is 4.85. The number of aliphatic hydroxyl groups is 1. The van der Waals surface area contributed by atoms with Gasteiger partial charge in [-0.15, -0.1) is 0 Å². The number of carbonyl (C=O) groups excluding carboxylic acids is 2. The van der Waals surface area contributed by atoms with Crippen LogP contribution in [0, 0.1) is 6.92 Å². The Kier molecular flexibility index (Phi) is 4.91. The summed E-state index contributed by atoms with van der Waals surface area (Å²) in [5.41, 5.74) is 2.15. The highest BCUT2D eigenvalue weighted by molar-refractivity contribution is 6.51. The van der Waals surface area contributed by atoms with Crippen molar-refractivity contribution in [3.05, 3.63) is 100 Å². The Bertz CT molecular complexity index is 1110. The maximum absolute atomic E-state index is 13.0. The maximum Gasteiger partial charge on any atom is 0.301 e. The molecule has 4 rings (SSSR count). The summed E-state index contributed by atoms with van der Waals surface area (Å²) in [5, 5.41) is 11.5. The van der Waals surface area contributed by atoms with Gasteiger partial charge in [0.2, 0.25) is 0 Å². The lowest BCUT2D eigenvalue weighted by Crippen LogP contribution is -2.30. The Labute approximate surface area is 172 Å². The molecule has 1 saturated heterocycles. The highest BCUT2D eigenvalue weighted by Gasteiger charge is 2.47. The van der Waals surface area contributed by atoms with Gasteiger partial charge in [0, 0.05) is 16.8 Å². The van der Waals surface area contributed by atoms with E-state index in [1.54, 1.807) is 60.8 Å². The van der Waals surface area contributed by atoms with Crippen molar-refractivity contribution in [1.29, 1.82) is 0 Å². The summed E-state index contributed by atoms with van der Waals surface area (Å²) >= 11 is 6.02. The molecule has 1 atom stereocenters. The molecule has 1 unspecified atom stereocenters. The zero-order chi connectivity index (χ0) is 20.5. The number of nitrogens with zero attached hydrogens (tertiary/aromatic N) is 2. The van der Waals surface area contributed by atoms with Crippen molar-refractivity contribution < 1.29 is 14.7 Å². The molecule has 0 saturated carbocycles. The summed E-state index contributed by atoms with van der Waals surface area (Å²) in [6.07, 6.45) is 1.55. The highest BCUT2D eigenvalue weighted by Crippen LogP contribution is 2.41. The largest absolute Gasteiger partial charge is 0.507 e. The van der Waals surface area contributed by atoms with E-state index >= 15 is 0 Å². The minimum Gasteiger partial charge on any atom is -0.507 e. The molecule has 0 aliphatic carbocycles. The predicted molar refractivity (Wildman–Crippen MR) is 112 cm³/mol. The van der Waals surface area contributed by atoms with Gasteiger partial charge in [-0.3, -0.25) is 14.5 Å². The Morgan fingerprint density at radius 3 is 2.31 bits per heavy atom. The molecule has 1 aromatic heterocycles. The number of halogens is 1. The van der Waals surface area contributed by atoms with Gasteiger partial charge in [-0.25, -0.2) is 4.98 Å². The van der Waals surface area contributed by atoms with Gasteiger partial charge in [0.1, 0.15) is 11.6 Å². The second-order valence-electron chi connectivity index (χ2n) is 6.77. The van der Waals surface area contributed by atoms with Crippen molar-refractivity contribution in [2.24, 2.45) is 0 Å². The molecule has 3 aromatic rings. The van der Waals surface area contributed by atoms with Crippen molar-refractivity contribution >= 4 is 34.9 Å². The van der Waals surface area contributed by atoms with Crippen molar-refractivity contribution in [3.63, 3.8) is 0 Å². The number of aliphatic hydroxyl groups excluding tert-OH is 1. The van der Waals surface area contributed by atoms with Gasteiger partial charge >= 0.3 is 5.91 Å². The zero-order valence-corrected chi connectivity index (χ0v) is 16.3. The van der Waals surface area contributed by atoms with Gasteiger partial charge in [0.25, 0.3) is 5.78 Å². The molecule has 2 heterocycles. The first-order chi connectivity index (χ1) is 14.0. The minimum absolute atomic E-state index is 0.0202. The summed E-state index contributed by atoms with van der Waals surface area (Å²) in [7, 11) is 0. The van der Waals surface area contributed by atoms with E-state index < -0.39 is 17.7 Å². The normalized spacial score (nSPS) is 18.3. The van der Waals surface area contributed by atoms with Crippen LogP contribution in [0.2, 0.25) is 5.02 Å². The fourth-order valence-corrected chi connectivity index (χ4v) is 3.52. The van der Waals surface area contributed by atoms with Gasteiger partial charge in [0.15, 0.2) is 0 Å². The second-order valence-corrected chi connectivity index (χ2v) is 7.21. The Balaban J connectivity index is 1.94. The first kappa shape index (κ1) is 18.9. The third kappa shape index (κ3) is 3.41. The fourth-order valence-electron chi connectivity index (χ4n) is 3.39. The second kappa shape index (κ2) is 7.53. The van der Waals surface area contributed by atoms with Crippen LogP contribution < -0.4 is 4.90 Å². The number of amides is 1. The van der Waals surface area contributed by atoms with Crippen LogP contribution in [0.4, 0.5) is 5.82 Å². The molecule has 0 radical (unpaired) electrons. The standard InChI is InChI=1S/C23H17ClN2O3/c1-14-5-7-16(8-6-14)21(27)19-20(15-9-11-17(24)12-10-15)26(23(29)22(19)28)18-4-2-3-13-25-18/h2-13,20,27H,1H3/b21-19+. The molecule has 5 nitrogen and oxygen atoms in total. The van der Waals surface area contributed by atoms with Crippen molar-refractivity contribution in [1.82, 2.24) is 4.98 Å². The third-order valence-corrected chi connectivity index (χ3v) is 5.10. The lowest BCUT2D eigenvalue weighted by Gasteiger charge is -2.24. The molecular weight excluding hydrogens is 388 g/mol. The fraction of sp³-hybridized carbons (Fsp3) is 0.0870. The van der Waals surface area contributed by atoms with E-state index in [1.165, 1.54) is 4.90 Å². The van der Waals surface area contributed by atoms with Gasteiger partial charge in [-0.1, -0.05) is 59.6 Å².